The molecule has 0 amide bonds. The number of carboxylic acids is 2. The van der Waals surface area contributed by atoms with E-state index >= 15 is 0 Å². The van der Waals surface area contributed by atoms with Gasteiger partial charge in [-0.25, -0.2) is 59.0 Å². The summed E-state index contributed by atoms with van der Waals surface area (Å²) >= 11 is 27.0. The fourth-order valence-corrected chi connectivity index (χ4v) is 3.47. The zero-order chi connectivity index (χ0) is 56.0. The first-order valence-corrected chi connectivity index (χ1v) is 22.6. The van der Waals surface area contributed by atoms with Crippen molar-refractivity contribution in [2.24, 2.45) is 0 Å². The molecule has 4 heterocycles. The van der Waals surface area contributed by atoms with E-state index in [2.05, 4.69) is 39.9 Å². The number of esters is 2. The number of carbonyl (C=O) groups excluding carboxylic acids is 2. The Morgan fingerprint density at radius 1 is 0.528 bits per heavy atom. The molecule has 0 spiro atoms. The molecule has 0 saturated carbocycles. The first kappa shape index (κ1) is 74.8. The van der Waals surface area contributed by atoms with Gasteiger partial charge in [0.25, 0.3) is 3.79 Å². The van der Waals surface area contributed by atoms with Crippen LogP contribution in [-0.2, 0) is 14.2 Å². The van der Waals surface area contributed by atoms with E-state index in [1.165, 1.54) is 37.2 Å². The van der Waals surface area contributed by atoms with E-state index < -0.39 is 50.1 Å². The second-order valence-corrected chi connectivity index (χ2v) is 19.9. The number of hydrogen-bond donors (Lipinski definition) is 4. The molecule has 4 N–H and O–H groups in total. The van der Waals surface area contributed by atoms with Gasteiger partial charge in [0.1, 0.15) is 27.1 Å². The van der Waals surface area contributed by atoms with Crippen molar-refractivity contribution in [2.75, 3.05) is 19.8 Å². The molecule has 28 heteroatoms. The maximum absolute atomic E-state index is 11.6. The van der Waals surface area contributed by atoms with Crippen LogP contribution in [0.3, 0.4) is 0 Å². The average molecular weight is 1140 g/mol. The monoisotopic (exact) mass is 1140 g/mol. The molecule has 398 valence electrons. The van der Waals surface area contributed by atoms with Crippen LogP contribution in [-0.4, -0.2) is 131 Å². The summed E-state index contributed by atoms with van der Waals surface area (Å²) in [5.41, 5.74) is -2.16. The molecule has 0 fully saturated rings. The number of aromatic carboxylic acids is 2. The van der Waals surface area contributed by atoms with Crippen molar-refractivity contribution in [3.8, 4) is 11.8 Å². The number of carboxylic acid groups (broad SMARTS) is 2. The summed E-state index contributed by atoms with van der Waals surface area (Å²) in [6, 6.07) is 0. The van der Waals surface area contributed by atoms with Gasteiger partial charge in [0.2, 0.25) is 17.7 Å². The molecule has 22 nitrogen and oxygen atoms in total. The molecule has 0 aromatic carbocycles. The SMILES string of the molecule is CC(C)(C)OC(=N)C(Cl)(Cl)Cl.CC(C)(C)OC(=O)c1cnc(Cl)cn1.CC(C)(C)[O-].CCO.CCOc1cnc(C(=O)O)cn1.CCOc1cnc(C(=O)OC(C)(C)C)cn1.O=C(O)c1cnc(Cl)cn1.[K+]. The fourth-order valence-electron chi connectivity index (χ4n) is 3.16. The van der Waals surface area contributed by atoms with Crippen molar-refractivity contribution in [1.29, 1.82) is 5.41 Å². The minimum atomic E-state index is -1.76. The second-order valence-electron chi connectivity index (χ2n) is 16.9. The quantitative estimate of drug-likeness (QED) is 0.0547. The van der Waals surface area contributed by atoms with E-state index in [0.29, 0.717) is 25.0 Å². The van der Waals surface area contributed by atoms with Gasteiger partial charge in [-0.2, -0.15) is 0 Å². The van der Waals surface area contributed by atoms with Gasteiger partial charge < -0.3 is 44.1 Å². The zero-order valence-corrected chi connectivity index (χ0v) is 50.0. The Bertz CT molecular complexity index is 2160. The zero-order valence-electron chi connectivity index (χ0n) is 43.1. The summed E-state index contributed by atoms with van der Waals surface area (Å²) in [5, 5.41) is 42.1. The maximum atomic E-state index is 11.6. The molecule has 0 aliphatic rings. The summed E-state index contributed by atoms with van der Waals surface area (Å²) < 4.78 is 23.5. The van der Waals surface area contributed by atoms with Gasteiger partial charge >= 0.3 is 75.3 Å². The number of ether oxygens (including phenoxy) is 5. The standard InChI is InChI=1S/C11H16N2O3.C9H11ClN2O2.C7H8N2O3.C6H10Cl3NO.C5H3ClN2O2.C4H9O.C2H6O.K/c1-5-15-9-7-12-8(6-13-9)10(14)16-11(2,3)4;1-9(2,3)14-8(13)6-4-12-7(10)5-11-6;1-2-12-6-4-8-5(3-9-6)7(10)11;1-5(2,3)11-4(10)6(7,8)9;6-4-2-7-3(1-8-4)5(9)10;1-4(2,3)5;1-2-3;/h6-7H,5H2,1-4H3;4-5H,1-3H3;3-4H,2H2,1H3,(H,10,11);10H,1-3H3;1-2H,(H,9,10);1-3H3;3H,2H2,1H3;/q;;;;;-1;;+1. The summed E-state index contributed by atoms with van der Waals surface area (Å²) in [7, 11) is 0. The molecule has 0 radical (unpaired) electrons. The molecule has 72 heavy (non-hydrogen) atoms. The number of rotatable bonds is 8. The Morgan fingerprint density at radius 2 is 0.792 bits per heavy atom. The Kier molecular flexibility index (Phi) is 38.5. The van der Waals surface area contributed by atoms with Crippen LogP contribution >= 0.6 is 58.0 Å². The molecule has 0 bridgehead atoms. The van der Waals surface area contributed by atoms with Crippen LogP contribution in [0.5, 0.6) is 11.8 Å². The van der Waals surface area contributed by atoms with Crippen LogP contribution in [0.2, 0.25) is 10.3 Å². The van der Waals surface area contributed by atoms with Gasteiger partial charge in [0, 0.05) is 6.61 Å². The smallest absolute Gasteiger partial charge is 0.850 e. The molecule has 0 aliphatic carbocycles. The van der Waals surface area contributed by atoms with Crippen molar-refractivity contribution in [3.63, 3.8) is 0 Å². The Balaban J connectivity index is -0.000000388. The van der Waals surface area contributed by atoms with Crippen molar-refractivity contribution in [3.05, 3.63) is 82.7 Å². The van der Waals surface area contributed by atoms with Crippen LogP contribution in [0.15, 0.2) is 49.6 Å². The van der Waals surface area contributed by atoms with Crippen LogP contribution in [0.25, 0.3) is 0 Å². The number of carbonyl (C=O) groups is 4. The molecule has 4 rings (SSSR count). The first-order chi connectivity index (χ1) is 32.3. The number of hydrogen-bond acceptors (Lipinski definition) is 20. The van der Waals surface area contributed by atoms with Crippen LogP contribution in [0.1, 0.15) is 146 Å². The summed E-state index contributed by atoms with van der Waals surface area (Å²) in [4.78, 5) is 73.2. The Labute approximate surface area is 487 Å². The third kappa shape index (κ3) is 44.9. The van der Waals surface area contributed by atoms with Gasteiger partial charge in [-0.3, -0.25) is 5.41 Å². The number of aliphatic hydroxyl groups excluding tert-OH is 1. The summed E-state index contributed by atoms with van der Waals surface area (Å²) in [6.07, 6.45) is 10.1. The number of aromatic nitrogens is 8. The van der Waals surface area contributed by atoms with Gasteiger partial charge in [-0.1, -0.05) is 78.8 Å². The summed E-state index contributed by atoms with van der Waals surface area (Å²) in [5.74, 6) is -2.80. The van der Waals surface area contributed by atoms with Gasteiger partial charge in [-0.15, -0.1) is 5.60 Å². The molecule has 0 unspecified atom stereocenters. The molecule has 0 saturated heterocycles. The third-order valence-electron chi connectivity index (χ3n) is 5.40. The number of aliphatic hydroxyl groups is 1. The van der Waals surface area contributed by atoms with E-state index in [1.54, 1.807) is 90.0 Å². The van der Waals surface area contributed by atoms with Crippen molar-refractivity contribution in [1.82, 2.24) is 39.9 Å². The predicted molar refractivity (Wildman–Crippen MR) is 266 cm³/mol. The number of halogens is 5. The number of nitrogens with one attached hydrogen (secondary N) is 1. The summed E-state index contributed by atoms with van der Waals surface area (Å²) in [6.45, 7) is 27.6. The van der Waals surface area contributed by atoms with Crippen LogP contribution < -0.4 is 66.0 Å². The molecular formula is C44H63Cl5KN9O13. The minimum Gasteiger partial charge on any atom is -0.850 e. The molecule has 4 aromatic heterocycles. The van der Waals surface area contributed by atoms with E-state index in [0.717, 1.165) is 12.4 Å². The van der Waals surface area contributed by atoms with Crippen molar-refractivity contribution in [2.45, 2.75) is 130 Å². The largest absolute Gasteiger partial charge is 1.00 e. The van der Waals surface area contributed by atoms with Crippen LogP contribution in [0.4, 0.5) is 0 Å². The Hall–Kier alpha value is -3.72. The third-order valence-corrected chi connectivity index (χ3v) is 6.31. The first-order valence-electron chi connectivity index (χ1n) is 20.7. The van der Waals surface area contributed by atoms with Gasteiger partial charge in [0.05, 0.1) is 62.8 Å². The average Bonchev–Trinajstić information content (AvgIpc) is 3.20. The molecule has 0 aliphatic heterocycles. The van der Waals surface area contributed by atoms with Crippen molar-refractivity contribution < 1.29 is 115 Å². The van der Waals surface area contributed by atoms with E-state index in [1.807, 2.05) is 13.8 Å². The molecular weight excluding hydrogens is 1080 g/mol. The van der Waals surface area contributed by atoms with Crippen LogP contribution in [0, 0.1) is 5.41 Å². The topological polar surface area (TPSA) is 325 Å². The van der Waals surface area contributed by atoms with E-state index in [-0.39, 0.29) is 97.0 Å². The number of nitrogens with zero attached hydrogens (tertiary/aromatic N) is 8. The fraction of sp³-hybridized carbons (Fsp3) is 0.523. The maximum Gasteiger partial charge on any atom is 1.00 e. The minimum absolute atomic E-state index is 0. The second kappa shape index (κ2) is 37.1. The van der Waals surface area contributed by atoms with Gasteiger partial charge in [-0.05, 0) is 83.1 Å². The van der Waals surface area contributed by atoms with Gasteiger partial charge in [0.15, 0.2) is 22.8 Å². The van der Waals surface area contributed by atoms with E-state index in [9.17, 15) is 24.3 Å². The molecule has 0 atom stereocenters. The van der Waals surface area contributed by atoms with Crippen molar-refractivity contribution >= 4 is 87.8 Å². The van der Waals surface area contributed by atoms with E-state index in [4.69, 9.17) is 102 Å². The Morgan fingerprint density at radius 3 is 0.986 bits per heavy atom. The molecule has 4 aromatic rings. The number of alkyl halides is 3. The predicted octanol–water partition coefficient (Wildman–Crippen LogP) is 5.61. The normalized spacial score (nSPS) is 10.5.